The van der Waals surface area contributed by atoms with Crippen LogP contribution in [-0.4, -0.2) is 41.6 Å². The van der Waals surface area contributed by atoms with Crippen molar-refractivity contribution in [1.82, 2.24) is 9.32 Å². The SMILES string of the molecule is O=C1N(Cl)CCN1CCOc1ccc2ccccc2c1C#[N+][O-]. The van der Waals surface area contributed by atoms with Crippen LogP contribution in [0.1, 0.15) is 5.56 Å². The van der Waals surface area contributed by atoms with E-state index in [1.165, 1.54) is 0 Å². The van der Waals surface area contributed by atoms with E-state index >= 15 is 0 Å². The molecular weight excluding hydrogens is 318 g/mol. The van der Waals surface area contributed by atoms with Crippen molar-refractivity contribution in [1.29, 1.82) is 0 Å². The van der Waals surface area contributed by atoms with Crippen molar-refractivity contribution in [3.63, 3.8) is 0 Å². The minimum absolute atomic E-state index is 0.221. The number of fused-ring (bicyclic) bond motifs is 1. The zero-order valence-corrected chi connectivity index (χ0v) is 13.0. The van der Waals surface area contributed by atoms with Gasteiger partial charge in [-0.3, -0.25) is 0 Å². The molecule has 2 aromatic rings. The van der Waals surface area contributed by atoms with Gasteiger partial charge >= 0.3 is 12.1 Å². The molecule has 0 N–H and O–H groups in total. The van der Waals surface area contributed by atoms with Gasteiger partial charge in [0.1, 0.15) is 12.4 Å². The van der Waals surface area contributed by atoms with E-state index in [4.69, 9.17) is 16.5 Å². The van der Waals surface area contributed by atoms with Gasteiger partial charge in [0, 0.05) is 28.7 Å². The lowest BCUT2D eigenvalue weighted by molar-refractivity contribution is 0.195. The molecule has 6 nitrogen and oxygen atoms in total. The summed E-state index contributed by atoms with van der Waals surface area (Å²) in [6, 6.07) is 13.5. The average Bonchev–Trinajstić information content (AvgIpc) is 2.89. The van der Waals surface area contributed by atoms with Crippen molar-refractivity contribution in [2.75, 3.05) is 26.2 Å². The minimum Gasteiger partial charge on any atom is -0.498 e. The summed E-state index contributed by atoms with van der Waals surface area (Å²) in [6.45, 7) is 1.79. The molecule has 0 atom stereocenters. The van der Waals surface area contributed by atoms with Crippen LogP contribution in [0.3, 0.4) is 0 Å². The summed E-state index contributed by atoms with van der Waals surface area (Å²) in [5.74, 6) is 0.512. The molecule has 1 fully saturated rings. The number of rotatable bonds is 4. The number of amides is 2. The molecule has 0 unspecified atom stereocenters. The standard InChI is InChI=1S/C16H14ClN3O3/c17-20-8-7-19(16(20)21)9-10-23-15-6-5-12-3-1-2-4-13(12)14(15)11-18-22/h1-6H,7-10H2. The summed E-state index contributed by atoms with van der Waals surface area (Å²) in [7, 11) is 0. The normalized spacial score (nSPS) is 14.0. The largest absolute Gasteiger partial charge is 0.498 e. The average molecular weight is 332 g/mol. The van der Waals surface area contributed by atoms with E-state index in [0.29, 0.717) is 37.6 Å². The van der Waals surface area contributed by atoms with E-state index in [0.717, 1.165) is 15.2 Å². The van der Waals surface area contributed by atoms with Gasteiger partial charge in [0.15, 0.2) is 5.56 Å². The maximum Gasteiger partial charge on any atom is 0.341 e. The van der Waals surface area contributed by atoms with Crippen molar-refractivity contribution >= 4 is 28.6 Å². The highest BCUT2D eigenvalue weighted by Gasteiger charge is 2.26. The molecular formula is C16H14ClN3O3. The number of benzene rings is 2. The van der Waals surface area contributed by atoms with Gasteiger partial charge in [0.2, 0.25) is 0 Å². The van der Waals surface area contributed by atoms with Crippen LogP contribution >= 0.6 is 11.8 Å². The van der Waals surface area contributed by atoms with E-state index in [2.05, 4.69) is 11.1 Å². The van der Waals surface area contributed by atoms with Crippen LogP contribution < -0.4 is 4.74 Å². The van der Waals surface area contributed by atoms with Crippen LogP contribution in [0.5, 0.6) is 5.75 Å². The van der Waals surface area contributed by atoms with Crippen LogP contribution in [-0.2, 0) is 0 Å². The first kappa shape index (κ1) is 15.3. The second-order valence-corrected chi connectivity index (χ2v) is 5.47. The summed E-state index contributed by atoms with van der Waals surface area (Å²) in [6.07, 6.45) is 0. The van der Waals surface area contributed by atoms with Gasteiger partial charge in [0.25, 0.3) is 0 Å². The lowest BCUT2D eigenvalue weighted by atomic mass is 10.0. The fourth-order valence-corrected chi connectivity index (χ4v) is 2.74. The highest BCUT2D eigenvalue weighted by atomic mass is 35.5. The molecule has 1 saturated heterocycles. The fraction of sp³-hybridized carbons (Fsp3) is 0.250. The molecule has 1 aliphatic heterocycles. The Morgan fingerprint density at radius 1 is 1.26 bits per heavy atom. The number of carbonyl (C=O) groups is 1. The quantitative estimate of drug-likeness (QED) is 0.638. The lowest BCUT2D eigenvalue weighted by Crippen LogP contribution is -2.31. The smallest absolute Gasteiger partial charge is 0.341 e. The molecule has 3 rings (SSSR count). The van der Waals surface area contributed by atoms with Crippen molar-refractivity contribution in [2.45, 2.75) is 0 Å². The number of urea groups is 1. The molecule has 1 heterocycles. The Kier molecular flexibility index (Phi) is 4.40. The van der Waals surface area contributed by atoms with E-state index in [1.54, 1.807) is 11.0 Å². The summed E-state index contributed by atoms with van der Waals surface area (Å²) in [4.78, 5) is 13.3. The fourth-order valence-electron chi connectivity index (χ4n) is 2.56. The Morgan fingerprint density at radius 3 is 2.83 bits per heavy atom. The van der Waals surface area contributed by atoms with Crippen LogP contribution in [0.15, 0.2) is 36.4 Å². The second kappa shape index (κ2) is 6.63. The molecule has 2 aromatic carbocycles. The van der Waals surface area contributed by atoms with E-state index in [-0.39, 0.29) is 6.03 Å². The van der Waals surface area contributed by atoms with Crippen LogP contribution in [0, 0.1) is 11.3 Å². The summed E-state index contributed by atoms with van der Waals surface area (Å²) in [5.41, 5.74) is 0.518. The third kappa shape index (κ3) is 3.10. The van der Waals surface area contributed by atoms with Crippen molar-refractivity contribution in [2.24, 2.45) is 0 Å². The monoisotopic (exact) mass is 331 g/mol. The zero-order valence-electron chi connectivity index (χ0n) is 12.2. The Balaban J connectivity index is 1.76. The molecule has 0 saturated carbocycles. The Hall–Kier alpha value is -2.65. The van der Waals surface area contributed by atoms with Gasteiger partial charge < -0.3 is 14.8 Å². The first-order valence-corrected chi connectivity index (χ1v) is 7.49. The number of hydrogen-bond acceptors (Lipinski definition) is 3. The highest BCUT2D eigenvalue weighted by molar-refractivity contribution is 6.21. The number of hydrogen-bond donors (Lipinski definition) is 0. The number of carbonyl (C=O) groups excluding carboxylic acids is 1. The van der Waals surface area contributed by atoms with Crippen LogP contribution in [0.2, 0.25) is 0 Å². The first-order chi connectivity index (χ1) is 11.2. The summed E-state index contributed by atoms with van der Waals surface area (Å²) >= 11 is 5.73. The van der Waals surface area contributed by atoms with Crippen molar-refractivity contribution < 1.29 is 9.53 Å². The predicted octanol–water partition coefficient (Wildman–Crippen LogP) is 3.29. The molecule has 0 aliphatic carbocycles. The zero-order chi connectivity index (χ0) is 16.2. The van der Waals surface area contributed by atoms with Gasteiger partial charge in [-0.1, -0.05) is 30.3 Å². The third-order valence-corrected chi connectivity index (χ3v) is 4.02. The topological polar surface area (TPSA) is 60.2 Å². The van der Waals surface area contributed by atoms with E-state index < -0.39 is 0 Å². The van der Waals surface area contributed by atoms with Gasteiger partial charge in [-0.15, -0.1) is 0 Å². The Morgan fingerprint density at radius 2 is 2.09 bits per heavy atom. The second-order valence-electron chi connectivity index (χ2n) is 5.07. The molecule has 0 radical (unpaired) electrons. The van der Waals surface area contributed by atoms with Crippen molar-refractivity contribution in [3.8, 4) is 11.8 Å². The van der Waals surface area contributed by atoms with E-state index in [9.17, 15) is 10.0 Å². The molecule has 7 heteroatoms. The third-order valence-electron chi connectivity index (χ3n) is 3.71. The van der Waals surface area contributed by atoms with Gasteiger partial charge in [-0.05, 0) is 11.5 Å². The molecule has 0 spiro atoms. The Labute approximate surface area is 138 Å². The molecule has 118 valence electrons. The first-order valence-electron chi connectivity index (χ1n) is 7.16. The maximum absolute atomic E-state index is 11.7. The van der Waals surface area contributed by atoms with Gasteiger partial charge in [-0.2, -0.15) is 0 Å². The minimum atomic E-state index is -0.221. The molecule has 1 aliphatic rings. The number of nitrogens with zero attached hydrogens (tertiary/aromatic N) is 3. The van der Waals surface area contributed by atoms with Crippen molar-refractivity contribution in [3.05, 3.63) is 52.2 Å². The number of halogens is 1. The maximum atomic E-state index is 11.7. The van der Waals surface area contributed by atoms with Gasteiger partial charge in [-0.25, -0.2) is 9.21 Å². The van der Waals surface area contributed by atoms with E-state index in [1.807, 2.05) is 30.3 Å². The highest BCUT2D eigenvalue weighted by Crippen LogP contribution is 2.27. The molecule has 0 bridgehead atoms. The summed E-state index contributed by atoms with van der Waals surface area (Å²) < 4.78 is 6.88. The summed E-state index contributed by atoms with van der Waals surface area (Å²) in [5, 5.41) is 15.2. The molecule has 23 heavy (non-hydrogen) atoms. The number of ether oxygens (including phenoxy) is 1. The van der Waals surface area contributed by atoms with Gasteiger partial charge in [0.05, 0.1) is 13.1 Å². The lowest BCUT2D eigenvalue weighted by Gasteiger charge is -2.15. The van der Waals surface area contributed by atoms with Crippen LogP contribution in [0.4, 0.5) is 4.79 Å². The predicted molar refractivity (Wildman–Crippen MR) is 88.7 cm³/mol. The Bertz CT molecular complexity index is 800. The van der Waals surface area contributed by atoms with Crippen LogP contribution in [0.25, 0.3) is 15.8 Å². The molecule has 2 amide bonds. The molecule has 0 aromatic heterocycles.